The minimum absolute atomic E-state index is 0.104. The Labute approximate surface area is 204 Å². The van der Waals surface area contributed by atoms with Crippen molar-refractivity contribution in [3.05, 3.63) is 77.0 Å². The first-order valence-electron chi connectivity index (χ1n) is 10.4. The van der Waals surface area contributed by atoms with Gasteiger partial charge >= 0.3 is 12.0 Å². The number of hydrogen-bond acceptors (Lipinski definition) is 6. The number of aliphatic imine (C=N–C) groups is 1. The van der Waals surface area contributed by atoms with Crippen LogP contribution in [0.5, 0.6) is 0 Å². The van der Waals surface area contributed by atoms with E-state index in [2.05, 4.69) is 10.3 Å². The largest absolute Gasteiger partial charge is 0.481 e. The van der Waals surface area contributed by atoms with Gasteiger partial charge in [-0.25, -0.2) is 9.69 Å². The number of carbonyl (C=O) groups is 5. The summed E-state index contributed by atoms with van der Waals surface area (Å²) in [6.45, 7) is -0.104. The lowest BCUT2D eigenvalue weighted by Gasteiger charge is -2.31. The van der Waals surface area contributed by atoms with Gasteiger partial charge in [-0.05, 0) is 29.3 Å². The fraction of sp³-hybridized carbons (Fsp3) is 0.130. The second-order valence-corrected chi connectivity index (χ2v) is 7.43. The Hall–Kier alpha value is -5.04. The normalized spacial score (nSPS) is 14.8. The van der Waals surface area contributed by atoms with Gasteiger partial charge in [0, 0.05) is 5.56 Å². The van der Waals surface area contributed by atoms with Crippen molar-refractivity contribution in [2.45, 2.75) is 19.2 Å². The summed E-state index contributed by atoms with van der Waals surface area (Å²) in [5.41, 5.74) is 11.5. The predicted octanol–water partition coefficient (Wildman–Crippen LogP) is 0.384. The van der Waals surface area contributed by atoms with Crippen molar-refractivity contribution in [3.8, 4) is 0 Å². The SMILES string of the molecule is NC(N)=NC(=O)c1ccc(/C=C2\NC(=O)N(C(CC(=O)O)N(C=O)OCc3ccccc3)C2=O)cc1. The molecule has 0 radical (unpaired) electrons. The number of nitrogens with zero attached hydrogens (tertiary/aromatic N) is 3. The van der Waals surface area contributed by atoms with Crippen LogP contribution in [0.4, 0.5) is 4.79 Å². The average Bonchev–Trinajstić information content (AvgIpc) is 3.11. The lowest BCUT2D eigenvalue weighted by atomic mass is 10.1. The number of nitrogens with two attached hydrogens (primary N) is 2. The second-order valence-electron chi connectivity index (χ2n) is 7.43. The van der Waals surface area contributed by atoms with Gasteiger partial charge in [-0.3, -0.25) is 24.0 Å². The molecule has 0 bridgehead atoms. The molecule has 2 aromatic rings. The number of imide groups is 1. The number of hydrogen-bond donors (Lipinski definition) is 4. The van der Waals surface area contributed by atoms with Crippen molar-refractivity contribution in [1.82, 2.24) is 15.3 Å². The minimum atomic E-state index is -1.55. The van der Waals surface area contributed by atoms with Gasteiger partial charge in [0.25, 0.3) is 11.8 Å². The summed E-state index contributed by atoms with van der Waals surface area (Å²) in [6, 6.07) is 13.6. The highest BCUT2D eigenvalue weighted by atomic mass is 16.7. The van der Waals surface area contributed by atoms with E-state index in [-0.39, 0.29) is 24.3 Å². The molecule has 1 unspecified atom stereocenters. The molecule has 13 heteroatoms. The maximum absolute atomic E-state index is 13.0. The highest BCUT2D eigenvalue weighted by molar-refractivity contribution is 6.14. The lowest BCUT2D eigenvalue weighted by Crippen LogP contribution is -2.51. The van der Waals surface area contributed by atoms with Crippen LogP contribution in [0, 0.1) is 0 Å². The molecule has 1 saturated heterocycles. The molecule has 1 atom stereocenters. The van der Waals surface area contributed by atoms with E-state index in [1.54, 1.807) is 30.3 Å². The van der Waals surface area contributed by atoms with Crippen molar-refractivity contribution in [2.24, 2.45) is 16.5 Å². The van der Waals surface area contributed by atoms with Crippen LogP contribution in [-0.2, 0) is 25.8 Å². The fourth-order valence-electron chi connectivity index (χ4n) is 3.25. The van der Waals surface area contributed by atoms with Gasteiger partial charge in [-0.15, -0.1) is 0 Å². The number of urea groups is 1. The van der Waals surface area contributed by atoms with E-state index < -0.39 is 42.4 Å². The summed E-state index contributed by atoms with van der Waals surface area (Å²) in [7, 11) is 0. The van der Waals surface area contributed by atoms with Gasteiger partial charge in [-0.2, -0.15) is 10.1 Å². The molecule has 0 saturated carbocycles. The molecule has 0 aromatic heterocycles. The van der Waals surface area contributed by atoms with Crippen LogP contribution in [0.3, 0.4) is 0 Å². The van der Waals surface area contributed by atoms with E-state index >= 15 is 0 Å². The summed E-state index contributed by atoms with van der Waals surface area (Å²) in [5, 5.41) is 12.3. The highest BCUT2D eigenvalue weighted by Crippen LogP contribution is 2.21. The van der Waals surface area contributed by atoms with Gasteiger partial charge in [0.05, 0.1) is 6.42 Å². The molecule has 36 heavy (non-hydrogen) atoms. The molecule has 3 rings (SSSR count). The van der Waals surface area contributed by atoms with Crippen molar-refractivity contribution >= 4 is 42.3 Å². The highest BCUT2D eigenvalue weighted by Gasteiger charge is 2.42. The first-order chi connectivity index (χ1) is 17.2. The monoisotopic (exact) mass is 494 g/mol. The van der Waals surface area contributed by atoms with E-state index in [4.69, 9.17) is 16.3 Å². The molecule has 0 aliphatic carbocycles. The molecule has 13 nitrogen and oxygen atoms in total. The summed E-state index contributed by atoms with van der Waals surface area (Å²) < 4.78 is 0. The molecule has 186 valence electrons. The van der Waals surface area contributed by atoms with Gasteiger partial charge in [0.2, 0.25) is 6.41 Å². The predicted molar refractivity (Wildman–Crippen MR) is 125 cm³/mol. The van der Waals surface area contributed by atoms with E-state index in [0.29, 0.717) is 21.1 Å². The van der Waals surface area contributed by atoms with Crippen molar-refractivity contribution in [3.63, 3.8) is 0 Å². The Morgan fingerprint density at radius 2 is 1.78 bits per heavy atom. The Morgan fingerprint density at radius 3 is 2.36 bits per heavy atom. The standard InChI is InChI=1S/C23H22N6O7/c24-22(25)27-20(33)16-8-6-14(7-9-16)10-17-21(34)29(23(35)26-17)18(11-19(31)32)28(13-30)36-12-15-4-2-1-3-5-15/h1-10,13,18H,11-12H2,(H,26,35)(H,31,32)(H4,24,25,27,33)/b17-10-. The molecular formula is C23H22N6O7. The number of carboxylic acids is 1. The summed E-state index contributed by atoms with van der Waals surface area (Å²) in [6.07, 6.45) is -0.808. The Kier molecular flexibility index (Phi) is 8.10. The van der Waals surface area contributed by atoms with Crippen LogP contribution >= 0.6 is 0 Å². The Morgan fingerprint density at radius 1 is 1.11 bits per heavy atom. The van der Waals surface area contributed by atoms with Crippen molar-refractivity contribution in [2.75, 3.05) is 0 Å². The van der Waals surface area contributed by atoms with E-state index in [1.807, 2.05) is 0 Å². The van der Waals surface area contributed by atoms with Gasteiger partial charge in [0.15, 0.2) is 12.1 Å². The number of guanidine groups is 1. The fourth-order valence-corrected chi connectivity index (χ4v) is 3.25. The molecule has 0 spiro atoms. The van der Waals surface area contributed by atoms with Crippen LogP contribution in [0.1, 0.15) is 27.9 Å². The number of carboxylic acid groups (broad SMARTS) is 1. The van der Waals surface area contributed by atoms with E-state index in [9.17, 15) is 29.1 Å². The molecule has 2 aromatic carbocycles. The quantitative estimate of drug-likeness (QED) is 0.0901. The maximum atomic E-state index is 13.0. The third-order valence-corrected chi connectivity index (χ3v) is 4.88. The molecule has 1 aliphatic heterocycles. The molecule has 1 fully saturated rings. The molecular weight excluding hydrogens is 472 g/mol. The summed E-state index contributed by atoms with van der Waals surface area (Å²) >= 11 is 0. The lowest BCUT2D eigenvalue weighted by molar-refractivity contribution is -0.210. The summed E-state index contributed by atoms with van der Waals surface area (Å²) in [4.78, 5) is 70.1. The number of amides is 5. The first-order valence-corrected chi connectivity index (χ1v) is 10.4. The maximum Gasteiger partial charge on any atom is 0.330 e. The number of benzene rings is 2. The number of aliphatic carboxylic acids is 1. The minimum Gasteiger partial charge on any atom is -0.481 e. The molecule has 1 aliphatic rings. The number of rotatable bonds is 10. The Bertz CT molecular complexity index is 1220. The molecule has 5 amide bonds. The van der Waals surface area contributed by atoms with E-state index in [1.165, 1.54) is 30.3 Å². The molecule has 6 N–H and O–H groups in total. The third-order valence-electron chi connectivity index (χ3n) is 4.88. The van der Waals surface area contributed by atoms with Crippen LogP contribution < -0.4 is 16.8 Å². The van der Waals surface area contributed by atoms with Crippen LogP contribution in [0.25, 0.3) is 6.08 Å². The zero-order valence-corrected chi connectivity index (χ0v) is 18.7. The number of hydroxylamine groups is 2. The zero-order valence-electron chi connectivity index (χ0n) is 18.7. The summed E-state index contributed by atoms with van der Waals surface area (Å²) in [5.74, 6) is -3.29. The number of nitrogens with one attached hydrogen (secondary N) is 1. The average molecular weight is 494 g/mol. The van der Waals surface area contributed by atoms with Gasteiger partial charge < -0.3 is 21.9 Å². The van der Waals surface area contributed by atoms with Crippen molar-refractivity contribution < 1.29 is 33.9 Å². The van der Waals surface area contributed by atoms with Crippen LogP contribution in [0.15, 0.2) is 65.3 Å². The first kappa shape index (κ1) is 25.6. The molecule has 1 heterocycles. The van der Waals surface area contributed by atoms with Crippen molar-refractivity contribution in [1.29, 1.82) is 0 Å². The van der Waals surface area contributed by atoms with Crippen LogP contribution in [0.2, 0.25) is 0 Å². The topological polar surface area (TPSA) is 198 Å². The Balaban J connectivity index is 1.81. The van der Waals surface area contributed by atoms with Crippen LogP contribution in [-0.4, -0.2) is 57.4 Å². The third kappa shape index (κ3) is 6.30. The van der Waals surface area contributed by atoms with Gasteiger partial charge in [0.1, 0.15) is 12.3 Å². The van der Waals surface area contributed by atoms with Gasteiger partial charge in [-0.1, -0.05) is 42.5 Å². The van der Waals surface area contributed by atoms with E-state index in [0.717, 1.165) is 0 Å². The zero-order chi connectivity index (χ0) is 26.2. The smallest absolute Gasteiger partial charge is 0.330 e. The second kappa shape index (κ2) is 11.4. The number of carbonyl (C=O) groups excluding carboxylic acids is 4.